The molecule has 2 heteroatoms. The van der Waals surface area contributed by atoms with E-state index in [2.05, 4.69) is 18.2 Å². The van der Waals surface area contributed by atoms with Crippen LogP contribution in [0.25, 0.3) is 0 Å². The SMILES string of the molecule is NC1(CCO)CCCCc2ccccc21. The lowest BCUT2D eigenvalue weighted by Crippen LogP contribution is -2.37. The van der Waals surface area contributed by atoms with E-state index in [1.54, 1.807) is 0 Å². The van der Waals surface area contributed by atoms with Crippen molar-refractivity contribution in [2.75, 3.05) is 6.61 Å². The van der Waals surface area contributed by atoms with Crippen LogP contribution in [0.3, 0.4) is 0 Å². The molecular weight excluding hydrogens is 186 g/mol. The quantitative estimate of drug-likeness (QED) is 0.725. The second-order valence-electron chi connectivity index (χ2n) is 4.49. The minimum Gasteiger partial charge on any atom is -0.396 e. The fraction of sp³-hybridized carbons (Fsp3) is 0.538. The minimum absolute atomic E-state index is 0.171. The molecule has 0 radical (unpaired) electrons. The summed E-state index contributed by atoms with van der Waals surface area (Å²) < 4.78 is 0. The summed E-state index contributed by atoms with van der Waals surface area (Å²) in [5, 5.41) is 9.12. The molecule has 1 aliphatic carbocycles. The Kier molecular flexibility index (Phi) is 3.08. The van der Waals surface area contributed by atoms with Crippen LogP contribution in [0.5, 0.6) is 0 Å². The molecule has 2 nitrogen and oxygen atoms in total. The van der Waals surface area contributed by atoms with E-state index in [1.807, 2.05) is 6.07 Å². The first kappa shape index (κ1) is 10.7. The van der Waals surface area contributed by atoms with Gasteiger partial charge >= 0.3 is 0 Å². The summed E-state index contributed by atoms with van der Waals surface area (Å²) in [5.41, 5.74) is 8.73. The monoisotopic (exact) mass is 205 g/mol. The van der Waals surface area contributed by atoms with Crippen molar-refractivity contribution in [3.63, 3.8) is 0 Å². The molecule has 15 heavy (non-hydrogen) atoms. The fourth-order valence-corrected chi connectivity index (χ4v) is 2.57. The number of aliphatic hydroxyl groups excluding tert-OH is 1. The highest BCUT2D eigenvalue weighted by Gasteiger charge is 2.30. The van der Waals surface area contributed by atoms with Crippen molar-refractivity contribution in [1.29, 1.82) is 0 Å². The predicted octanol–water partition coefficient (Wildman–Crippen LogP) is 1.95. The lowest BCUT2D eigenvalue weighted by molar-refractivity contribution is 0.230. The number of hydrogen-bond acceptors (Lipinski definition) is 2. The lowest BCUT2D eigenvalue weighted by Gasteiger charge is -2.29. The number of hydrogen-bond donors (Lipinski definition) is 2. The molecule has 1 unspecified atom stereocenters. The van der Waals surface area contributed by atoms with Gasteiger partial charge in [0.1, 0.15) is 0 Å². The van der Waals surface area contributed by atoms with Crippen molar-refractivity contribution in [2.45, 2.75) is 37.6 Å². The van der Waals surface area contributed by atoms with Crippen LogP contribution in [0.4, 0.5) is 0 Å². The number of rotatable bonds is 2. The van der Waals surface area contributed by atoms with Crippen LogP contribution in [0.1, 0.15) is 36.8 Å². The number of benzene rings is 1. The molecule has 1 atom stereocenters. The van der Waals surface area contributed by atoms with Crippen LogP contribution in [-0.2, 0) is 12.0 Å². The van der Waals surface area contributed by atoms with E-state index < -0.39 is 0 Å². The van der Waals surface area contributed by atoms with E-state index in [9.17, 15) is 0 Å². The van der Waals surface area contributed by atoms with Crippen molar-refractivity contribution in [3.05, 3.63) is 35.4 Å². The first-order chi connectivity index (χ1) is 7.26. The summed E-state index contributed by atoms with van der Waals surface area (Å²) >= 11 is 0. The van der Waals surface area contributed by atoms with E-state index >= 15 is 0 Å². The topological polar surface area (TPSA) is 46.2 Å². The number of nitrogens with two attached hydrogens (primary N) is 1. The van der Waals surface area contributed by atoms with Gasteiger partial charge in [-0.3, -0.25) is 0 Å². The summed E-state index contributed by atoms with van der Waals surface area (Å²) in [5.74, 6) is 0. The van der Waals surface area contributed by atoms with Crippen LogP contribution >= 0.6 is 0 Å². The zero-order valence-corrected chi connectivity index (χ0v) is 9.08. The lowest BCUT2D eigenvalue weighted by atomic mass is 9.83. The van der Waals surface area contributed by atoms with Gasteiger partial charge in [0.2, 0.25) is 0 Å². The Morgan fingerprint density at radius 3 is 2.87 bits per heavy atom. The Labute approximate surface area is 91.1 Å². The molecule has 0 fully saturated rings. The third-order valence-corrected chi connectivity index (χ3v) is 3.43. The predicted molar refractivity (Wildman–Crippen MR) is 61.6 cm³/mol. The Hall–Kier alpha value is -0.860. The summed E-state index contributed by atoms with van der Waals surface area (Å²) in [6, 6.07) is 8.41. The van der Waals surface area contributed by atoms with Gasteiger partial charge in [-0.05, 0) is 36.8 Å². The van der Waals surface area contributed by atoms with Crippen molar-refractivity contribution < 1.29 is 5.11 Å². The Balaban J connectivity index is 2.40. The molecular formula is C13H19NO. The van der Waals surface area contributed by atoms with Crippen LogP contribution in [0, 0.1) is 0 Å². The van der Waals surface area contributed by atoms with Crippen LogP contribution in [-0.4, -0.2) is 11.7 Å². The largest absolute Gasteiger partial charge is 0.396 e. The fourth-order valence-electron chi connectivity index (χ4n) is 2.57. The van der Waals surface area contributed by atoms with E-state index in [0.717, 1.165) is 19.3 Å². The van der Waals surface area contributed by atoms with Gasteiger partial charge in [-0.1, -0.05) is 30.7 Å². The van der Waals surface area contributed by atoms with E-state index in [4.69, 9.17) is 10.8 Å². The van der Waals surface area contributed by atoms with Crippen LogP contribution < -0.4 is 5.73 Å². The zero-order valence-electron chi connectivity index (χ0n) is 9.08. The third kappa shape index (κ3) is 2.06. The second-order valence-corrected chi connectivity index (χ2v) is 4.49. The molecule has 2 rings (SSSR count). The average Bonchev–Trinajstić information content (AvgIpc) is 2.40. The van der Waals surface area contributed by atoms with Gasteiger partial charge in [0.25, 0.3) is 0 Å². The molecule has 0 saturated carbocycles. The Morgan fingerprint density at radius 1 is 1.27 bits per heavy atom. The van der Waals surface area contributed by atoms with Crippen molar-refractivity contribution in [1.82, 2.24) is 0 Å². The smallest absolute Gasteiger partial charge is 0.0451 e. The van der Waals surface area contributed by atoms with Gasteiger partial charge < -0.3 is 10.8 Å². The molecule has 0 amide bonds. The summed E-state index contributed by atoms with van der Waals surface area (Å²) in [6.07, 6.45) is 5.15. The Bertz CT molecular complexity index is 337. The first-order valence-electron chi connectivity index (χ1n) is 5.74. The number of fused-ring (bicyclic) bond motifs is 1. The maximum absolute atomic E-state index is 9.12. The highest BCUT2D eigenvalue weighted by atomic mass is 16.3. The summed E-state index contributed by atoms with van der Waals surface area (Å²) in [7, 11) is 0. The first-order valence-corrected chi connectivity index (χ1v) is 5.74. The standard InChI is InChI=1S/C13H19NO/c14-13(9-10-15)8-4-3-6-11-5-1-2-7-12(11)13/h1-2,5,7,15H,3-4,6,8-10,14H2. The minimum atomic E-state index is -0.304. The molecule has 1 aromatic rings. The molecule has 0 heterocycles. The molecule has 0 aliphatic heterocycles. The van der Waals surface area contributed by atoms with Gasteiger partial charge in [0, 0.05) is 12.1 Å². The van der Waals surface area contributed by atoms with E-state index in [1.165, 1.54) is 17.5 Å². The maximum Gasteiger partial charge on any atom is 0.0451 e. The van der Waals surface area contributed by atoms with Gasteiger partial charge in [-0.2, -0.15) is 0 Å². The van der Waals surface area contributed by atoms with Crippen molar-refractivity contribution in [3.8, 4) is 0 Å². The summed E-state index contributed by atoms with van der Waals surface area (Å²) in [4.78, 5) is 0. The molecule has 3 N–H and O–H groups in total. The molecule has 0 bridgehead atoms. The molecule has 1 aliphatic rings. The highest BCUT2D eigenvalue weighted by molar-refractivity contribution is 5.34. The maximum atomic E-state index is 9.12. The third-order valence-electron chi connectivity index (χ3n) is 3.43. The number of aliphatic hydroxyl groups is 1. The number of aryl methyl sites for hydroxylation is 1. The molecule has 0 aromatic heterocycles. The molecule has 1 aromatic carbocycles. The molecule has 0 spiro atoms. The van der Waals surface area contributed by atoms with Crippen molar-refractivity contribution in [2.24, 2.45) is 5.73 Å². The van der Waals surface area contributed by atoms with Crippen LogP contribution in [0.15, 0.2) is 24.3 Å². The molecule has 82 valence electrons. The van der Waals surface area contributed by atoms with Gasteiger partial charge in [0.05, 0.1) is 0 Å². The zero-order chi connectivity index (χ0) is 10.7. The van der Waals surface area contributed by atoms with Crippen LogP contribution in [0.2, 0.25) is 0 Å². The van der Waals surface area contributed by atoms with E-state index in [0.29, 0.717) is 6.42 Å². The highest BCUT2D eigenvalue weighted by Crippen LogP contribution is 2.34. The normalized spacial score (nSPS) is 25.7. The van der Waals surface area contributed by atoms with Gasteiger partial charge in [-0.15, -0.1) is 0 Å². The summed E-state index contributed by atoms with van der Waals surface area (Å²) in [6.45, 7) is 0.171. The van der Waals surface area contributed by atoms with Gasteiger partial charge in [-0.25, -0.2) is 0 Å². The average molecular weight is 205 g/mol. The van der Waals surface area contributed by atoms with E-state index in [-0.39, 0.29) is 12.1 Å². The Morgan fingerprint density at radius 2 is 2.07 bits per heavy atom. The van der Waals surface area contributed by atoms with Crippen molar-refractivity contribution >= 4 is 0 Å². The second kappa shape index (κ2) is 4.33. The van der Waals surface area contributed by atoms with Gasteiger partial charge in [0.15, 0.2) is 0 Å². The molecule has 0 saturated heterocycles.